The van der Waals surface area contributed by atoms with Gasteiger partial charge in [-0.1, -0.05) is 23.7 Å². The average molecular weight is 375 g/mol. The van der Waals surface area contributed by atoms with Gasteiger partial charge in [0.1, 0.15) is 0 Å². The minimum absolute atomic E-state index is 0.200. The Hall–Kier alpha value is -2.73. The average Bonchev–Trinajstić information content (AvgIpc) is 3.45. The maximum absolute atomic E-state index is 12.6. The quantitative estimate of drug-likeness (QED) is 0.811. The summed E-state index contributed by atoms with van der Waals surface area (Å²) in [6.07, 6.45) is 1.98. The van der Waals surface area contributed by atoms with E-state index in [-0.39, 0.29) is 17.0 Å². The molecular weight excluding hydrogens is 356 g/mol. The molecule has 0 spiro atoms. The second-order valence-corrected chi connectivity index (χ2v) is 6.35. The summed E-state index contributed by atoms with van der Waals surface area (Å²) in [5.41, 5.74) is 1.14. The fourth-order valence-electron chi connectivity index (χ4n) is 2.52. The van der Waals surface area contributed by atoms with Crippen molar-refractivity contribution in [3.05, 3.63) is 52.5 Å². The number of hydrogen-bond donors (Lipinski definition) is 2. The number of halogens is 1. The second kappa shape index (κ2) is 7.66. The van der Waals surface area contributed by atoms with E-state index in [1.165, 1.54) is 26.4 Å². The summed E-state index contributed by atoms with van der Waals surface area (Å²) in [7, 11) is 2.94. The van der Waals surface area contributed by atoms with Gasteiger partial charge in [0.05, 0.1) is 30.5 Å². The maximum atomic E-state index is 12.6. The molecule has 2 N–H and O–H groups in total. The molecule has 0 aliphatic heterocycles. The van der Waals surface area contributed by atoms with Crippen LogP contribution in [0.5, 0.6) is 11.5 Å². The molecule has 1 saturated carbocycles. The Bertz CT molecular complexity index is 849. The Balaban J connectivity index is 1.84. The minimum Gasteiger partial charge on any atom is -0.493 e. The maximum Gasteiger partial charge on any atom is 0.255 e. The number of nitrogens with one attached hydrogen (secondary N) is 2. The largest absolute Gasteiger partial charge is 0.493 e. The Morgan fingerprint density at radius 3 is 2.46 bits per heavy atom. The van der Waals surface area contributed by atoms with Gasteiger partial charge in [0.15, 0.2) is 11.5 Å². The lowest BCUT2D eigenvalue weighted by molar-refractivity contribution is 0.0952. The Morgan fingerprint density at radius 1 is 1.08 bits per heavy atom. The number of ether oxygens (including phenoxy) is 2. The van der Waals surface area contributed by atoms with Crippen LogP contribution in [0.25, 0.3) is 0 Å². The summed E-state index contributed by atoms with van der Waals surface area (Å²) in [4.78, 5) is 25.0. The van der Waals surface area contributed by atoms with E-state index >= 15 is 0 Å². The number of hydrogen-bond acceptors (Lipinski definition) is 4. The lowest BCUT2D eigenvalue weighted by Crippen LogP contribution is -2.27. The highest BCUT2D eigenvalue weighted by atomic mass is 35.5. The van der Waals surface area contributed by atoms with E-state index in [0.717, 1.165) is 12.8 Å². The number of methoxy groups -OCH3 is 2. The Labute approximate surface area is 156 Å². The van der Waals surface area contributed by atoms with E-state index in [1.807, 2.05) is 0 Å². The third-order valence-electron chi connectivity index (χ3n) is 4.03. The molecule has 26 heavy (non-hydrogen) atoms. The van der Waals surface area contributed by atoms with Gasteiger partial charge in [0.25, 0.3) is 11.8 Å². The number of carbonyl (C=O) groups is 2. The van der Waals surface area contributed by atoms with Crippen molar-refractivity contribution in [3.8, 4) is 11.5 Å². The SMILES string of the molecule is COc1cc(C(=O)Nc2ccccc2C(=O)NC2CC2)cc(Cl)c1OC. The van der Waals surface area contributed by atoms with Crippen molar-refractivity contribution in [2.24, 2.45) is 0 Å². The van der Waals surface area contributed by atoms with Crippen LogP contribution in [0.15, 0.2) is 36.4 Å². The molecule has 0 atom stereocenters. The van der Waals surface area contributed by atoms with E-state index in [9.17, 15) is 9.59 Å². The molecule has 0 unspecified atom stereocenters. The number of rotatable bonds is 6. The topological polar surface area (TPSA) is 76.7 Å². The van der Waals surface area contributed by atoms with Gasteiger partial charge in [-0.25, -0.2) is 0 Å². The van der Waals surface area contributed by atoms with Crippen molar-refractivity contribution in [3.63, 3.8) is 0 Å². The highest BCUT2D eigenvalue weighted by Gasteiger charge is 2.25. The zero-order chi connectivity index (χ0) is 18.7. The molecule has 0 saturated heterocycles. The van der Waals surface area contributed by atoms with Crippen molar-refractivity contribution < 1.29 is 19.1 Å². The molecule has 3 rings (SSSR count). The molecule has 1 fully saturated rings. The first-order chi connectivity index (χ1) is 12.5. The molecule has 136 valence electrons. The monoisotopic (exact) mass is 374 g/mol. The van der Waals surface area contributed by atoms with Crippen LogP contribution in [0, 0.1) is 0 Å². The first kappa shape index (κ1) is 18.1. The van der Waals surface area contributed by atoms with Gasteiger partial charge in [0, 0.05) is 11.6 Å². The summed E-state index contributed by atoms with van der Waals surface area (Å²) in [5, 5.41) is 5.94. The van der Waals surface area contributed by atoms with Gasteiger partial charge in [-0.15, -0.1) is 0 Å². The van der Waals surface area contributed by atoms with E-state index in [4.69, 9.17) is 21.1 Å². The highest BCUT2D eigenvalue weighted by molar-refractivity contribution is 6.32. The van der Waals surface area contributed by atoms with Crippen LogP contribution in [0.2, 0.25) is 5.02 Å². The summed E-state index contributed by atoms with van der Waals surface area (Å²) in [6.45, 7) is 0. The van der Waals surface area contributed by atoms with Crippen LogP contribution in [0.3, 0.4) is 0 Å². The predicted molar refractivity (Wildman–Crippen MR) is 99.4 cm³/mol. The molecular formula is C19H19ClN2O4. The number of amides is 2. The highest BCUT2D eigenvalue weighted by Crippen LogP contribution is 2.36. The number of benzene rings is 2. The first-order valence-corrected chi connectivity index (χ1v) is 8.54. The minimum atomic E-state index is -0.403. The van der Waals surface area contributed by atoms with Crippen LogP contribution in [0.4, 0.5) is 5.69 Å². The van der Waals surface area contributed by atoms with E-state index in [0.29, 0.717) is 28.3 Å². The van der Waals surface area contributed by atoms with Gasteiger partial charge in [0.2, 0.25) is 0 Å². The van der Waals surface area contributed by atoms with Crippen molar-refractivity contribution >= 4 is 29.1 Å². The van der Waals surface area contributed by atoms with E-state index in [1.54, 1.807) is 24.3 Å². The van der Waals surface area contributed by atoms with Gasteiger partial charge >= 0.3 is 0 Å². The lowest BCUT2D eigenvalue weighted by Gasteiger charge is -2.13. The van der Waals surface area contributed by atoms with Crippen molar-refractivity contribution in [1.82, 2.24) is 5.32 Å². The van der Waals surface area contributed by atoms with Crippen LogP contribution in [-0.2, 0) is 0 Å². The van der Waals surface area contributed by atoms with E-state index in [2.05, 4.69) is 10.6 Å². The summed E-state index contributed by atoms with van der Waals surface area (Å²) in [5.74, 6) is 0.105. The van der Waals surface area contributed by atoms with Gasteiger partial charge in [-0.05, 0) is 37.1 Å². The number of carbonyl (C=O) groups excluding carboxylic acids is 2. The number of anilines is 1. The Morgan fingerprint density at radius 2 is 1.81 bits per heavy atom. The van der Waals surface area contributed by atoms with Crippen molar-refractivity contribution in [2.75, 3.05) is 19.5 Å². The standard InChI is InChI=1S/C19H19ClN2O4/c1-25-16-10-11(9-14(20)17(16)26-2)18(23)22-15-6-4-3-5-13(15)19(24)21-12-7-8-12/h3-6,9-10,12H,7-8H2,1-2H3,(H,21,24)(H,22,23). The van der Waals surface area contributed by atoms with Crippen molar-refractivity contribution in [1.29, 1.82) is 0 Å². The first-order valence-electron chi connectivity index (χ1n) is 8.16. The van der Waals surface area contributed by atoms with Crippen LogP contribution in [0.1, 0.15) is 33.6 Å². The molecule has 2 aromatic carbocycles. The van der Waals surface area contributed by atoms with Crippen LogP contribution < -0.4 is 20.1 Å². The van der Waals surface area contributed by atoms with Crippen LogP contribution >= 0.6 is 11.6 Å². The molecule has 0 bridgehead atoms. The van der Waals surface area contributed by atoms with Crippen LogP contribution in [-0.4, -0.2) is 32.1 Å². The van der Waals surface area contributed by atoms with Gasteiger partial charge < -0.3 is 20.1 Å². The fourth-order valence-corrected chi connectivity index (χ4v) is 2.81. The zero-order valence-electron chi connectivity index (χ0n) is 14.5. The lowest BCUT2D eigenvalue weighted by atomic mass is 10.1. The molecule has 7 heteroatoms. The molecule has 1 aliphatic rings. The third-order valence-corrected chi connectivity index (χ3v) is 4.31. The normalized spacial score (nSPS) is 13.0. The Kier molecular flexibility index (Phi) is 5.32. The third kappa shape index (κ3) is 3.91. The molecule has 2 aromatic rings. The van der Waals surface area contributed by atoms with Crippen molar-refractivity contribution in [2.45, 2.75) is 18.9 Å². The molecule has 0 radical (unpaired) electrons. The summed E-state index contributed by atoms with van der Waals surface area (Å²) >= 11 is 6.16. The van der Waals surface area contributed by atoms with Gasteiger partial charge in [-0.3, -0.25) is 9.59 Å². The summed E-state index contributed by atoms with van der Waals surface area (Å²) < 4.78 is 10.4. The fraction of sp³-hybridized carbons (Fsp3) is 0.263. The molecule has 1 aliphatic carbocycles. The van der Waals surface area contributed by atoms with Gasteiger partial charge in [-0.2, -0.15) is 0 Å². The van der Waals surface area contributed by atoms with E-state index < -0.39 is 5.91 Å². The smallest absolute Gasteiger partial charge is 0.255 e. The summed E-state index contributed by atoms with van der Waals surface area (Å²) in [6, 6.07) is 10.1. The zero-order valence-corrected chi connectivity index (χ0v) is 15.2. The molecule has 0 heterocycles. The molecule has 0 aromatic heterocycles. The molecule has 2 amide bonds. The number of para-hydroxylation sites is 1. The molecule has 6 nitrogen and oxygen atoms in total. The predicted octanol–water partition coefficient (Wildman–Crippen LogP) is 3.50. The second-order valence-electron chi connectivity index (χ2n) is 5.94.